The molecule has 2 rings (SSSR count). The third-order valence-electron chi connectivity index (χ3n) is 2.72. The van der Waals surface area contributed by atoms with E-state index in [-0.39, 0.29) is 5.78 Å². The lowest BCUT2D eigenvalue weighted by atomic mass is 10.0. The molecule has 0 unspecified atom stereocenters. The maximum absolute atomic E-state index is 11.9. The first-order chi connectivity index (χ1) is 8.70. The molecular weight excluding hydrogens is 234 g/mol. The van der Waals surface area contributed by atoms with E-state index in [0.29, 0.717) is 31.5 Å². The molecule has 0 spiro atoms. The lowest BCUT2D eigenvalue weighted by molar-refractivity contribution is -0.108. The van der Waals surface area contributed by atoms with Gasteiger partial charge in [-0.15, -0.1) is 0 Å². The molecule has 0 amide bonds. The second-order valence-electron chi connectivity index (χ2n) is 4.14. The van der Waals surface area contributed by atoms with Crippen LogP contribution in [0.15, 0.2) is 24.3 Å². The molecule has 2 N–H and O–H groups in total. The normalized spacial score (nSPS) is 17.6. The largest absolute Gasteiger partial charge is 0.343 e. The average molecular weight is 249 g/mol. The highest BCUT2D eigenvalue weighted by Crippen LogP contribution is 2.13. The van der Waals surface area contributed by atoms with Gasteiger partial charge >= 0.3 is 0 Å². The molecule has 0 bridgehead atoms. The summed E-state index contributed by atoms with van der Waals surface area (Å²) in [6, 6.07) is 6.45. The number of aldehydes is 1. The van der Waals surface area contributed by atoms with E-state index in [9.17, 15) is 9.59 Å². The van der Waals surface area contributed by atoms with E-state index >= 15 is 0 Å². The predicted molar refractivity (Wildman–Crippen MR) is 64.2 cm³/mol. The molecule has 1 heterocycles. The summed E-state index contributed by atoms with van der Waals surface area (Å²) in [4.78, 5) is 22.4. The molecule has 5 heteroatoms. The van der Waals surface area contributed by atoms with Crippen LogP contribution in [0.4, 0.5) is 0 Å². The molecular formula is C13H15NO4. The number of rotatable bonds is 5. The van der Waals surface area contributed by atoms with E-state index in [1.54, 1.807) is 24.3 Å². The summed E-state index contributed by atoms with van der Waals surface area (Å²) in [6.07, 6.45) is 0.390. The highest BCUT2D eigenvalue weighted by atomic mass is 16.7. The molecule has 18 heavy (non-hydrogen) atoms. The fourth-order valence-electron chi connectivity index (χ4n) is 1.77. The van der Waals surface area contributed by atoms with Crippen LogP contribution in [-0.2, 0) is 20.7 Å². The van der Waals surface area contributed by atoms with Gasteiger partial charge in [-0.25, -0.2) is 0 Å². The Bertz CT molecular complexity index is 423. The standard InChI is InChI=1S/C13H15NO4/c14-11(8-15)7-9-1-3-10(4-2-9)12(16)13-17-5-6-18-13/h1-4,8,11,13H,5-7,14H2/t11-/m0/s1. The Labute approximate surface area is 105 Å². The van der Waals surface area contributed by atoms with Gasteiger partial charge in [0, 0.05) is 5.56 Å². The Kier molecular flexibility index (Phi) is 4.19. The molecule has 1 aliphatic heterocycles. The topological polar surface area (TPSA) is 78.6 Å². The Morgan fingerprint density at radius 2 is 1.94 bits per heavy atom. The van der Waals surface area contributed by atoms with Gasteiger partial charge in [0.2, 0.25) is 12.1 Å². The van der Waals surface area contributed by atoms with Gasteiger partial charge in [0.15, 0.2) is 0 Å². The number of carbonyl (C=O) groups excluding carboxylic acids is 2. The number of ketones is 1. The molecule has 1 aliphatic rings. The summed E-state index contributed by atoms with van der Waals surface area (Å²) >= 11 is 0. The van der Waals surface area contributed by atoms with Gasteiger partial charge in [-0.1, -0.05) is 24.3 Å². The van der Waals surface area contributed by atoms with E-state index in [0.717, 1.165) is 5.56 Å². The summed E-state index contributed by atoms with van der Waals surface area (Å²) in [5.41, 5.74) is 6.98. The van der Waals surface area contributed by atoms with Crippen molar-refractivity contribution in [3.05, 3.63) is 35.4 Å². The maximum Gasteiger partial charge on any atom is 0.222 e. The van der Waals surface area contributed by atoms with Crippen molar-refractivity contribution in [2.24, 2.45) is 5.73 Å². The molecule has 1 aromatic carbocycles. The summed E-state index contributed by atoms with van der Waals surface area (Å²) < 4.78 is 10.3. The van der Waals surface area contributed by atoms with Crippen LogP contribution in [0.5, 0.6) is 0 Å². The van der Waals surface area contributed by atoms with Crippen LogP contribution in [0.2, 0.25) is 0 Å². The summed E-state index contributed by atoms with van der Waals surface area (Å²) in [6.45, 7) is 0.894. The van der Waals surface area contributed by atoms with Gasteiger partial charge in [-0.05, 0) is 12.0 Å². The second kappa shape index (κ2) is 5.86. The zero-order chi connectivity index (χ0) is 13.0. The zero-order valence-electron chi connectivity index (χ0n) is 9.87. The first-order valence-corrected chi connectivity index (χ1v) is 5.78. The molecule has 0 radical (unpaired) electrons. The monoisotopic (exact) mass is 249 g/mol. The van der Waals surface area contributed by atoms with Gasteiger partial charge in [0.25, 0.3) is 0 Å². The number of nitrogens with two attached hydrogens (primary N) is 1. The third kappa shape index (κ3) is 3.01. The highest BCUT2D eigenvalue weighted by molar-refractivity contribution is 5.98. The smallest absolute Gasteiger partial charge is 0.222 e. The van der Waals surface area contributed by atoms with E-state index in [1.165, 1.54) is 0 Å². The summed E-state index contributed by atoms with van der Waals surface area (Å²) in [5, 5.41) is 0. The highest BCUT2D eigenvalue weighted by Gasteiger charge is 2.25. The van der Waals surface area contributed by atoms with Gasteiger partial charge < -0.3 is 20.0 Å². The first-order valence-electron chi connectivity index (χ1n) is 5.78. The number of benzene rings is 1. The Morgan fingerprint density at radius 3 is 2.50 bits per heavy atom. The Hall–Kier alpha value is -1.56. The first kappa shape index (κ1) is 12.9. The fraction of sp³-hybridized carbons (Fsp3) is 0.385. The molecule has 96 valence electrons. The van der Waals surface area contributed by atoms with Gasteiger partial charge in [-0.3, -0.25) is 4.79 Å². The minimum Gasteiger partial charge on any atom is -0.343 e. The van der Waals surface area contributed by atoms with Gasteiger partial charge in [-0.2, -0.15) is 0 Å². The predicted octanol–water partition coefficient (Wildman–Crippen LogP) is 0.311. The van der Waals surface area contributed by atoms with Crippen molar-refractivity contribution >= 4 is 12.1 Å². The molecule has 1 aromatic rings. The second-order valence-corrected chi connectivity index (χ2v) is 4.14. The van der Waals surface area contributed by atoms with Crippen molar-refractivity contribution in [1.29, 1.82) is 0 Å². The lowest BCUT2D eigenvalue weighted by Gasteiger charge is -2.09. The minimum absolute atomic E-state index is 0.182. The van der Waals surface area contributed by atoms with Crippen molar-refractivity contribution in [2.75, 3.05) is 13.2 Å². The zero-order valence-corrected chi connectivity index (χ0v) is 9.87. The van der Waals surface area contributed by atoms with Crippen LogP contribution in [0, 0.1) is 0 Å². The molecule has 1 atom stereocenters. The average Bonchev–Trinajstić information content (AvgIpc) is 2.92. The van der Waals surface area contributed by atoms with Crippen molar-refractivity contribution in [3.8, 4) is 0 Å². The minimum atomic E-state index is -0.784. The SMILES string of the molecule is N[C@H](C=O)Cc1ccc(C(=O)C2OCCO2)cc1. The Morgan fingerprint density at radius 1 is 1.33 bits per heavy atom. The van der Waals surface area contributed by atoms with Gasteiger partial charge in [0.1, 0.15) is 6.29 Å². The number of carbonyl (C=O) groups is 2. The lowest BCUT2D eigenvalue weighted by Crippen LogP contribution is -2.24. The van der Waals surface area contributed by atoms with Crippen LogP contribution in [0.3, 0.4) is 0 Å². The maximum atomic E-state index is 11.9. The Balaban J connectivity index is 2.02. The number of Topliss-reactive ketones (excluding diaryl/α,β-unsaturated/α-hetero) is 1. The van der Waals surface area contributed by atoms with Crippen LogP contribution in [0.1, 0.15) is 15.9 Å². The molecule has 0 saturated carbocycles. The molecule has 1 fully saturated rings. The summed E-state index contributed by atoms with van der Waals surface area (Å²) in [7, 11) is 0. The fourth-order valence-corrected chi connectivity index (χ4v) is 1.77. The van der Waals surface area contributed by atoms with Crippen molar-refractivity contribution < 1.29 is 19.1 Å². The van der Waals surface area contributed by atoms with Crippen LogP contribution >= 0.6 is 0 Å². The van der Waals surface area contributed by atoms with E-state index in [2.05, 4.69) is 0 Å². The van der Waals surface area contributed by atoms with Crippen molar-refractivity contribution in [1.82, 2.24) is 0 Å². The van der Waals surface area contributed by atoms with E-state index in [1.807, 2.05) is 0 Å². The molecule has 0 aliphatic carbocycles. The molecule has 5 nitrogen and oxygen atoms in total. The van der Waals surface area contributed by atoms with E-state index in [4.69, 9.17) is 15.2 Å². The van der Waals surface area contributed by atoms with Crippen molar-refractivity contribution in [2.45, 2.75) is 18.8 Å². The summed E-state index contributed by atoms with van der Waals surface area (Å²) in [5.74, 6) is -0.182. The number of hydrogen-bond donors (Lipinski definition) is 1. The van der Waals surface area contributed by atoms with Crippen molar-refractivity contribution in [3.63, 3.8) is 0 Å². The van der Waals surface area contributed by atoms with Crippen LogP contribution in [0.25, 0.3) is 0 Å². The number of hydrogen-bond acceptors (Lipinski definition) is 5. The van der Waals surface area contributed by atoms with Crippen LogP contribution in [-0.4, -0.2) is 37.6 Å². The third-order valence-corrected chi connectivity index (χ3v) is 2.72. The molecule has 1 saturated heterocycles. The van der Waals surface area contributed by atoms with Gasteiger partial charge in [0.05, 0.1) is 19.3 Å². The van der Waals surface area contributed by atoms with Crippen LogP contribution < -0.4 is 5.73 Å². The van der Waals surface area contributed by atoms with E-state index < -0.39 is 12.3 Å². The molecule has 0 aromatic heterocycles. The number of ether oxygens (including phenoxy) is 2. The quantitative estimate of drug-likeness (QED) is 0.600.